The third-order valence-corrected chi connectivity index (χ3v) is 5.32. The van der Waals surface area contributed by atoms with Crippen LogP contribution >= 0.6 is 0 Å². The summed E-state index contributed by atoms with van der Waals surface area (Å²) < 4.78 is 44.6. The molecule has 0 radical (unpaired) electrons. The second-order valence-corrected chi connectivity index (χ2v) is 8.91. The molecule has 2 aromatic rings. The molecule has 30 heavy (non-hydrogen) atoms. The van der Waals surface area contributed by atoms with Crippen molar-refractivity contribution in [2.75, 3.05) is 11.0 Å². The second kappa shape index (κ2) is 9.53. The van der Waals surface area contributed by atoms with Gasteiger partial charge in [-0.15, -0.1) is 0 Å². The molecular weight excluding hydrogens is 440 g/mol. The van der Waals surface area contributed by atoms with E-state index in [1.807, 2.05) is 0 Å². The summed E-state index contributed by atoms with van der Waals surface area (Å²) in [6, 6.07) is 10.3. The van der Waals surface area contributed by atoms with Gasteiger partial charge in [-0.1, -0.05) is 0 Å². The van der Waals surface area contributed by atoms with Gasteiger partial charge in [0.25, 0.3) is 0 Å². The molecule has 12 nitrogen and oxygen atoms in total. The van der Waals surface area contributed by atoms with Crippen LogP contribution in [0.1, 0.15) is 12.8 Å². The average Bonchev–Trinajstić information content (AvgIpc) is 2.68. The Kier molecular flexibility index (Phi) is 7.33. The van der Waals surface area contributed by atoms with E-state index in [0.29, 0.717) is 11.4 Å². The van der Waals surface area contributed by atoms with Gasteiger partial charge < -0.3 is 9.68 Å². The Bertz CT molecular complexity index is 1020. The van der Waals surface area contributed by atoms with E-state index in [1.54, 1.807) is 0 Å². The summed E-state index contributed by atoms with van der Waals surface area (Å²) in [7, 11) is -7.66. The number of sulfonamides is 2. The molecule has 0 saturated carbocycles. The maximum Gasteiger partial charge on any atom is 0.332 e. The quantitative estimate of drug-likeness (QED) is 0.377. The van der Waals surface area contributed by atoms with E-state index < -0.39 is 32.0 Å². The summed E-state index contributed by atoms with van der Waals surface area (Å²) in [4.78, 5) is 32.6. The summed E-state index contributed by atoms with van der Waals surface area (Å²) in [5.74, 6) is -1.53. The third kappa shape index (κ3) is 7.32. The summed E-state index contributed by atoms with van der Waals surface area (Å²) >= 11 is 0. The summed E-state index contributed by atoms with van der Waals surface area (Å²) in [6.45, 7) is 0. The molecule has 0 aliphatic rings. The summed E-state index contributed by atoms with van der Waals surface area (Å²) in [5.41, 5.74) is 5.21. The molecule has 0 spiro atoms. The molecule has 0 amide bonds. The van der Waals surface area contributed by atoms with Gasteiger partial charge in [0, 0.05) is 0 Å². The number of hydrogen-bond acceptors (Lipinski definition) is 10. The van der Waals surface area contributed by atoms with Crippen molar-refractivity contribution in [1.29, 1.82) is 0 Å². The van der Waals surface area contributed by atoms with Crippen LogP contribution in [0.4, 0.5) is 11.4 Å². The number of rotatable bonds is 9. The van der Waals surface area contributed by atoms with Crippen molar-refractivity contribution >= 4 is 43.4 Å². The predicted octanol–water partition coefficient (Wildman–Crippen LogP) is 0.202. The van der Waals surface area contributed by atoms with Crippen molar-refractivity contribution in [3.05, 3.63) is 48.5 Å². The first kappa shape index (κ1) is 23.1. The van der Waals surface area contributed by atoms with Gasteiger partial charge in [0.1, 0.15) is 0 Å². The van der Waals surface area contributed by atoms with Crippen molar-refractivity contribution in [1.82, 2.24) is 0 Å². The zero-order chi connectivity index (χ0) is 22.4. The Hall–Kier alpha value is -3.20. The van der Waals surface area contributed by atoms with Crippen LogP contribution in [-0.2, 0) is 39.3 Å². The molecule has 0 unspecified atom stereocenters. The summed E-state index contributed by atoms with van der Waals surface area (Å²) in [5, 5.41) is 9.94. The highest BCUT2D eigenvalue weighted by Gasteiger charge is 2.12. The van der Waals surface area contributed by atoms with E-state index in [9.17, 15) is 26.4 Å². The normalized spacial score (nSPS) is 11.4. The van der Waals surface area contributed by atoms with Gasteiger partial charge in [0.2, 0.25) is 20.0 Å². The average molecular weight is 458 g/mol. The highest BCUT2D eigenvalue weighted by Crippen LogP contribution is 2.14. The van der Waals surface area contributed by atoms with E-state index in [-0.39, 0.29) is 22.6 Å². The lowest BCUT2D eigenvalue weighted by atomic mass is 10.3. The highest BCUT2D eigenvalue weighted by atomic mass is 32.2. The van der Waals surface area contributed by atoms with Crippen LogP contribution in [0.25, 0.3) is 0 Å². The van der Waals surface area contributed by atoms with Crippen LogP contribution in [0.3, 0.4) is 0 Å². The molecule has 0 aliphatic carbocycles. The fourth-order valence-corrected chi connectivity index (χ4v) is 2.99. The minimum atomic E-state index is -3.83. The SMILES string of the molecule is NS(=O)(=O)c1ccc(NOC(=O)CCC(=O)ONc2ccc(S(N)(=O)=O)cc2)cc1. The number of carbonyl (C=O) groups is 2. The van der Waals surface area contributed by atoms with Crippen molar-refractivity contribution in [2.45, 2.75) is 22.6 Å². The van der Waals surface area contributed by atoms with E-state index in [4.69, 9.17) is 20.0 Å². The Morgan fingerprint density at radius 1 is 0.667 bits per heavy atom. The molecule has 0 aliphatic heterocycles. The maximum absolute atomic E-state index is 11.7. The first-order valence-corrected chi connectivity index (χ1v) is 11.2. The Balaban J connectivity index is 1.72. The van der Waals surface area contributed by atoms with E-state index >= 15 is 0 Å². The second-order valence-electron chi connectivity index (χ2n) is 5.79. The van der Waals surface area contributed by atoms with Crippen LogP contribution < -0.4 is 21.2 Å². The molecule has 14 heteroatoms. The highest BCUT2D eigenvalue weighted by molar-refractivity contribution is 7.89. The van der Waals surface area contributed by atoms with Gasteiger partial charge in [0.15, 0.2) is 0 Å². The molecule has 0 heterocycles. The van der Waals surface area contributed by atoms with Gasteiger partial charge in [-0.2, -0.15) is 0 Å². The third-order valence-electron chi connectivity index (χ3n) is 3.46. The van der Waals surface area contributed by atoms with Crippen LogP contribution in [-0.4, -0.2) is 28.8 Å². The number of anilines is 2. The molecule has 162 valence electrons. The van der Waals surface area contributed by atoms with Gasteiger partial charge in [-0.3, -0.25) is 0 Å². The van der Waals surface area contributed by atoms with Crippen LogP contribution in [0, 0.1) is 0 Å². The number of primary sulfonamides is 2. The maximum atomic E-state index is 11.7. The minimum Gasteiger partial charge on any atom is -0.343 e. The number of carbonyl (C=O) groups excluding carboxylic acids is 2. The molecular formula is C16H18N4O8S2. The number of nitrogens with two attached hydrogens (primary N) is 2. The first-order valence-electron chi connectivity index (χ1n) is 8.12. The van der Waals surface area contributed by atoms with E-state index in [2.05, 4.69) is 11.0 Å². The molecule has 6 N–H and O–H groups in total. The van der Waals surface area contributed by atoms with Crippen molar-refractivity contribution in [2.24, 2.45) is 10.3 Å². The zero-order valence-corrected chi connectivity index (χ0v) is 16.9. The molecule has 0 bridgehead atoms. The lowest BCUT2D eigenvalue weighted by molar-refractivity contribution is -0.147. The fourth-order valence-electron chi connectivity index (χ4n) is 1.96. The lowest BCUT2D eigenvalue weighted by Gasteiger charge is -2.08. The number of nitrogens with one attached hydrogen (secondary N) is 2. The van der Waals surface area contributed by atoms with Crippen LogP contribution in [0.2, 0.25) is 0 Å². The molecule has 0 fully saturated rings. The summed E-state index contributed by atoms with van der Waals surface area (Å²) in [6.07, 6.45) is -0.597. The van der Waals surface area contributed by atoms with Gasteiger partial charge >= 0.3 is 11.9 Å². The van der Waals surface area contributed by atoms with Crippen LogP contribution in [0.5, 0.6) is 0 Å². The molecule has 0 aromatic heterocycles. The molecule has 2 aromatic carbocycles. The zero-order valence-electron chi connectivity index (χ0n) is 15.3. The van der Waals surface area contributed by atoms with Gasteiger partial charge in [0.05, 0.1) is 34.0 Å². The molecule has 0 atom stereocenters. The Morgan fingerprint density at radius 2 is 0.967 bits per heavy atom. The van der Waals surface area contributed by atoms with E-state index in [0.717, 1.165) is 0 Å². The number of benzene rings is 2. The van der Waals surface area contributed by atoms with Gasteiger partial charge in [-0.25, -0.2) is 47.7 Å². The standard InChI is InChI=1S/C16H18N4O8S2/c17-29(23,24)13-5-1-11(2-6-13)19-27-15(21)9-10-16(22)28-20-12-3-7-14(8-4-12)30(18,25)26/h1-8,19-20H,9-10H2,(H2,17,23,24)(H2,18,25,26). The predicted molar refractivity (Wildman–Crippen MR) is 104 cm³/mol. The monoisotopic (exact) mass is 458 g/mol. The largest absolute Gasteiger partial charge is 0.343 e. The Morgan fingerprint density at radius 3 is 1.23 bits per heavy atom. The van der Waals surface area contributed by atoms with Gasteiger partial charge in [-0.05, 0) is 48.5 Å². The van der Waals surface area contributed by atoms with Crippen molar-refractivity contribution in [3.63, 3.8) is 0 Å². The minimum absolute atomic E-state index is 0.103. The smallest absolute Gasteiger partial charge is 0.332 e. The molecule has 2 rings (SSSR count). The Labute approximate surface area is 172 Å². The lowest BCUT2D eigenvalue weighted by Crippen LogP contribution is -2.16. The molecule has 0 saturated heterocycles. The number of hydrogen-bond donors (Lipinski definition) is 4. The van der Waals surface area contributed by atoms with Crippen molar-refractivity contribution < 1.29 is 36.1 Å². The fraction of sp³-hybridized carbons (Fsp3) is 0.125. The van der Waals surface area contributed by atoms with E-state index in [1.165, 1.54) is 48.5 Å². The van der Waals surface area contributed by atoms with Crippen LogP contribution in [0.15, 0.2) is 58.3 Å². The topological polar surface area (TPSA) is 197 Å². The first-order chi connectivity index (χ1) is 13.9. The van der Waals surface area contributed by atoms with Crippen molar-refractivity contribution in [3.8, 4) is 0 Å².